The van der Waals surface area contributed by atoms with Crippen LogP contribution in [-0.2, 0) is 14.4 Å². The van der Waals surface area contributed by atoms with Crippen LogP contribution in [0.15, 0.2) is 84.9 Å². The van der Waals surface area contributed by atoms with Crippen molar-refractivity contribution in [1.82, 2.24) is 0 Å². The van der Waals surface area contributed by atoms with Crippen molar-refractivity contribution in [2.24, 2.45) is 5.92 Å². The molecule has 0 aromatic heterocycles. The van der Waals surface area contributed by atoms with Crippen LogP contribution in [0.4, 0.5) is 17.1 Å². The number of hydrogen-bond acceptors (Lipinski definition) is 6. The van der Waals surface area contributed by atoms with Gasteiger partial charge in [-0.1, -0.05) is 54.6 Å². The Bertz CT molecular complexity index is 1170. The third kappa shape index (κ3) is 3.04. The Morgan fingerprint density at radius 3 is 2.13 bits per heavy atom. The van der Waals surface area contributed by atoms with E-state index in [2.05, 4.69) is 0 Å². The summed E-state index contributed by atoms with van der Waals surface area (Å²) < 4.78 is 0. The van der Waals surface area contributed by atoms with Crippen molar-refractivity contribution in [2.75, 3.05) is 9.96 Å². The van der Waals surface area contributed by atoms with Crippen LogP contribution in [-0.4, -0.2) is 22.8 Å². The molecule has 2 saturated heterocycles. The number of fused-ring (bicyclic) bond motifs is 1. The summed E-state index contributed by atoms with van der Waals surface area (Å²) in [5.41, 5.74) is 1.57. The summed E-state index contributed by atoms with van der Waals surface area (Å²) in [6.07, 6.45) is -1.02. The van der Waals surface area contributed by atoms with Gasteiger partial charge in [-0.15, -0.1) is 0 Å². The highest BCUT2D eigenvalue weighted by Crippen LogP contribution is 2.47. The summed E-state index contributed by atoms with van der Waals surface area (Å²) in [4.78, 5) is 44.5. The molecule has 8 heteroatoms. The number of hydroxylamine groups is 1. The van der Waals surface area contributed by atoms with Crippen molar-refractivity contribution in [2.45, 2.75) is 12.1 Å². The van der Waals surface area contributed by atoms with E-state index < -0.39 is 28.9 Å². The van der Waals surface area contributed by atoms with Crippen molar-refractivity contribution < 1.29 is 19.3 Å². The number of amides is 2. The molecule has 2 heterocycles. The lowest BCUT2D eigenvalue weighted by Gasteiger charge is -2.28. The fraction of sp³-hybridized carbons (Fsp3) is 0.130. The van der Waals surface area contributed by atoms with Crippen LogP contribution in [0.2, 0.25) is 0 Å². The van der Waals surface area contributed by atoms with Gasteiger partial charge in [-0.25, -0.2) is 9.96 Å². The second kappa shape index (κ2) is 7.33. The quantitative estimate of drug-likeness (QED) is 0.367. The third-order valence-electron chi connectivity index (χ3n) is 5.57. The van der Waals surface area contributed by atoms with Crippen LogP contribution < -0.4 is 9.96 Å². The maximum atomic E-state index is 13.4. The molecule has 0 bridgehead atoms. The summed E-state index contributed by atoms with van der Waals surface area (Å²) >= 11 is 0. The van der Waals surface area contributed by atoms with Crippen molar-refractivity contribution in [3.63, 3.8) is 0 Å². The minimum atomic E-state index is -1.02. The van der Waals surface area contributed by atoms with E-state index in [4.69, 9.17) is 4.84 Å². The molecule has 2 fully saturated rings. The lowest BCUT2D eigenvalue weighted by molar-refractivity contribution is -0.384. The molecule has 0 aliphatic carbocycles. The number of imide groups is 1. The number of non-ortho nitro benzene ring substituents is 1. The largest absolute Gasteiger partial charge is 0.273 e. The van der Waals surface area contributed by atoms with Gasteiger partial charge in [0.1, 0.15) is 5.92 Å². The number of hydrogen-bond donors (Lipinski definition) is 0. The van der Waals surface area contributed by atoms with E-state index in [0.29, 0.717) is 11.4 Å². The number of benzene rings is 3. The second-order valence-electron chi connectivity index (χ2n) is 7.36. The molecule has 154 valence electrons. The van der Waals surface area contributed by atoms with E-state index in [0.717, 1.165) is 10.5 Å². The van der Waals surface area contributed by atoms with Gasteiger partial charge in [-0.2, -0.15) is 0 Å². The maximum absolute atomic E-state index is 13.4. The number of carbonyl (C=O) groups is 2. The van der Waals surface area contributed by atoms with Gasteiger partial charge in [-0.05, 0) is 23.8 Å². The molecule has 0 spiro atoms. The number of carbonyl (C=O) groups excluding carboxylic acids is 2. The van der Waals surface area contributed by atoms with Gasteiger partial charge in [0.2, 0.25) is 5.91 Å². The van der Waals surface area contributed by atoms with Crippen LogP contribution >= 0.6 is 0 Å². The fourth-order valence-corrected chi connectivity index (χ4v) is 4.20. The molecule has 31 heavy (non-hydrogen) atoms. The molecule has 0 radical (unpaired) electrons. The summed E-state index contributed by atoms with van der Waals surface area (Å²) in [5, 5.41) is 12.7. The summed E-state index contributed by atoms with van der Waals surface area (Å²) in [6, 6.07) is 23.3. The maximum Gasteiger partial charge on any atom is 0.271 e. The standard InChI is InChI=1S/C23H17N3O5/c27-22-19-20(15-8-3-1-4-9-15)25(17-12-7-13-18(14-17)26(29)30)31-21(19)23(28)24(22)16-10-5-2-6-11-16/h1-14,19-21H/t19-,20+,21+/m1/s1. The second-order valence-corrected chi connectivity index (χ2v) is 7.36. The van der Waals surface area contributed by atoms with Crippen LogP contribution in [0.1, 0.15) is 11.6 Å². The lowest BCUT2D eigenvalue weighted by Crippen LogP contribution is -2.37. The summed E-state index contributed by atoms with van der Waals surface area (Å²) in [6.45, 7) is 0. The Morgan fingerprint density at radius 2 is 1.45 bits per heavy atom. The fourth-order valence-electron chi connectivity index (χ4n) is 4.20. The number of nitrogens with zero attached hydrogens (tertiary/aromatic N) is 3. The minimum Gasteiger partial charge on any atom is -0.273 e. The van der Waals surface area contributed by atoms with Crippen LogP contribution in [0.25, 0.3) is 0 Å². The molecule has 2 aliphatic heterocycles. The van der Waals surface area contributed by atoms with Crippen molar-refractivity contribution in [3.8, 4) is 0 Å². The molecule has 0 saturated carbocycles. The Balaban J connectivity index is 1.59. The highest BCUT2D eigenvalue weighted by Gasteiger charge is 2.60. The van der Waals surface area contributed by atoms with Gasteiger partial charge < -0.3 is 0 Å². The molecular weight excluding hydrogens is 398 g/mol. The number of nitro groups is 1. The van der Waals surface area contributed by atoms with E-state index in [-0.39, 0.29) is 11.6 Å². The first-order chi connectivity index (χ1) is 15.1. The van der Waals surface area contributed by atoms with E-state index in [1.807, 2.05) is 36.4 Å². The van der Waals surface area contributed by atoms with Crippen LogP contribution in [0.5, 0.6) is 0 Å². The van der Waals surface area contributed by atoms with E-state index >= 15 is 0 Å². The molecule has 2 aliphatic rings. The molecule has 8 nitrogen and oxygen atoms in total. The van der Waals surface area contributed by atoms with Crippen LogP contribution in [0.3, 0.4) is 0 Å². The number of nitro benzene ring substituents is 1. The number of anilines is 2. The van der Waals surface area contributed by atoms with E-state index in [1.54, 1.807) is 36.4 Å². The molecule has 5 rings (SSSR count). The minimum absolute atomic E-state index is 0.103. The predicted octanol–water partition coefficient (Wildman–Crippen LogP) is 3.65. The predicted molar refractivity (Wildman–Crippen MR) is 112 cm³/mol. The smallest absolute Gasteiger partial charge is 0.271 e. The zero-order valence-corrected chi connectivity index (χ0v) is 16.2. The zero-order valence-electron chi connectivity index (χ0n) is 16.2. The van der Waals surface area contributed by atoms with Gasteiger partial charge in [0, 0.05) is 12.1 Å². The average Bonchev–Trinajstić information content (AvgIpc) is 3.31. The average molecular weight is 415 g/mol. The third-order valence-corrected chi connectivity index (χ3v) is 5.57. The molecule has 3 aromatic rings. The van der Waals surface area contributed by atoms with Crippen molar-refractivity contribution >= 4 is 28.9 Å². The Labute approximate surface area is 177 Å². The van der Waals surface area contributed by atoms with Crippen molar-refractivity contribution in [1.29, 1.82) is 0 Å². The van der Waals surface area contributed by atoms with Crippen LogP contribution in [0, 0.1) is 16.0 Å². The first-order valence-corrected chi connectivity index (χ1v) is 9.74. The number of rotatable bonds is 4. The molecule has 3 atom stereocenters. The number of para-hydroxylation sites is 1. The zero-order chi connectivity index (χ0) is 21.5. The normalized spacial score (nSPS) is 22.6. The Morgan fingerprint density at radius 1 is 0.806 bits per heavy atom. The topological polar surface area (TPSA) is 93.0 Å². The molecule has 2 amide bonds. The van der Waals surface area contributed by atoms with Gasteiger partial charge in [0.15, 0.2) is 6.10 Å². The summed E-state index contributed by atoms with van der Waals surface area (Å²) in [7, 11) is 0. The first-order valence-electron chi connectivity index (χ1n) is 9.74. The van der Waals surface area contributed by atoms with Gasteiger partial charge in [-0.3, -0.25) is 24.5 Å². The van der Waals surface area contributed by atoms with Gasteiger partial charge >= 0.3 is 0 Å². The molecule has 0 unspecified atom stereocenters. The van der Waals surface area contributed by atoms with Gasteiger partial charge in [0.05, 0.1) is 22.3 Å². The van der Waals surface area contributed by atoms with E-state index in [1.165, 1.54) is 17.2 Å². The Hall–Kier alpha value is -4.04. The van der Waals surface area contributed by atoms with Gasteiger partial charge in [0.25, 0.3) is 11.6 Å². The lowest BCUT2D eigenvalue weighted by atomic mass is 9.90. The summed E-state index contributed by atoms with van der Waals surface area (Å²) in [5.74, 6) is -1.59. The monoisotopic (exact) mass is 415 g/mol. The molecular formula is C23H17N3O5. The highest BCUT2D eigenvalue weighted by atomic mass is 16.7. The molecule has 0 N–H and O–H groups in total. The molecule has 3 aromatic carbocycles. The SMILES string of the molecule is O=C1[C@H]2[C@H](ON(c3cccc([N+](=O)[O-])c3)[C@H]2c2ccccc2)C(=O)N1c1ccccc1. The Kier molecular flexibility index (Phi) is 4.48. The van der Waals surface area contributed by atoms with E-state index in [9.17, 15) is 19.7 Å². The van der Waals surface area contributed by atoms with Crippen molar-refractivity contribution in [3.05, 3.63) is 101 Å². The first kappa shape index (κ1) is 19.0. The highest BCUT2D eigenvalue weighted by molar-refractivity contribution is 6.23.